The molecule has 1 aromatic heterocycles. The van der Waals surface area contributed by atoms with Gasteiger partial charge in [0.05, 0.1) is 18.7 Å². The lowest BCUT2D eigenvalue weighted by molar-refractivity contribution is 0.0648. The highest BCUT2D eigenvalue weighted by atomic mass is 16.5. The number of piperidine rings is 1. The van der Waals surface area contributed by atoms with Crippen molar-refractivity contribution in [3.63, 3.8) is 0 Å². The highest BCUT2D eigenvalue weighted by Gasteiger charge is 2.27. The lowest BCUT2D eigenvalue weighted by Gasteiger charge is -2.31. The van der Waals surface area contributed by atoms with Crippen LogP contribution in [0.15, 0.2) is 34.9 Å². The van der Waals surface area contributed by atoms with Crippen LogP contribution in [0, 0.1) is 5.92 Å². The van der Waals surface area contributed by atoms with Crippen LogP contribution in [0.3, 0.4) is 0 Å². The number of hydrogen-bond donors (Lipinski definition) is 1. The van der Waals surface area contributed by atoms with E-state index in [0.717, 1.165) is 18.4 Å². The standard InChI is InChI=1S/C18H20N2O5/c1-24-16-11-15(25-19-16)17(21)20-8-6-12(7-9-20)10-13-4-2-3-5-14(13)18(22)23/h2-5,11-12H,6-10H2,1H3,(H,22,23). The second-order valence-electron chi connectivity index (χ2n) is 6.14. The minimum atomic E-state index is -0.900. The minimum Gasteiger partial charge on any atom is -0.479 e. The molecule has 2 heterocycles. The first-order valence-corrected chi connectivity index (χ1v) is 8.19. The predicted octanol–water partition coefficient (Wildman–Crippen LogP) is 2.48. The third-order valence-electron chi connectivity index (χ3n) is 4.57. The van der Waals surface area contributed by atoms with Crippen LogP contribution >= 0.6 is 0 Å². The summed E-state index contributed by atoms with van der Waals surface area (Å²) in [7, 11) is 1.46. The van der Waals surface area contributed by atoms with Crippen LogP contribution in [-0.4, -0.2) is 47.2 Å². The van der Waals surface area contributed by atoms with Gasteiger partial charge in [-0.2, -0.15) is 0 Å². The second-order valence-corrected chi connectivity index (χ2v) is 6.14. The number of ether oxygens (including phenoxy) is 1. The molecule has 1 fully saturated rings. The minimum absolute atomic E-state index is 0.173. The number of carbonyl (C=O) groups is 2. The number of likely N-dealkylation sites (tertiary alicyclic amines) is 1. The number of rotatable bonds is 5. The first-order valence-electron chi connectivity index (χ1n) is 8.19. The van der Waals surface area contributed by atoms with Crippen molar-refractivity contribution in [1.29, 1.82) is 0 Å². The van der Waals surface area contributed by atoms with Crippen LogP contribution < -0.4 is 4.74 Å². The molecule has 0 atom stereocenters. The van der Waals surface area contributed by atoms with E-state index in [1.54, 1.807) is 17.0 Å². The van der Waals surface area contributed by atoms with E-state index in [0.29, 0.717) is 31.0 Å². The quantitative estimate of drug-likeness (QED) is 0.896. The molecule has 25 heavy (non-hydrogen) atoms. The Labute approximate surface area is 145 Å². The molecule has 1 amide bonds. The van der Waals surface area contributed by atoms with Gasteiger partial charge in [0, 0.05) is 13.1 Å². The lowest BCUT2D eigenvalue weighted by atomic mass is 9.88. The van der Waals surface area contributed by atoms with Gasteiger partial charge >= 0.3 is 5.97 Å². The number of methoxy groups -OCH3 is 1. The summed E-state index contributed by atoms with van der Waals surface area (Å²) in [5.74, 6) is -0.286. The van der Waals surface area contributed by atoms with Gasteiger partial charge in [-0.15, -0.1) is 0 Å². The van der Waals surface area contributed by atoms with E-state index in [2.05, 4.69) is 5.16 Å². The zero-order chi connectivity index (χ0) is 17.8. The molecule has 0 spiro atoms. The number of amides is 1. The van der Waals surface area contributed by atoms with Gasteiger partial charge in [-0.3, -0.25) is 4.79 Å². The van der Waals surface area contributed by atoms with Crippen LogP contribution in [0.25, 0.3) is 0 Å². The fourth-order valence-corrected chi connectivity index (χ4v) is 3.17. The molecule has 132 valence electrons. The molecular weight excluding hydrogens is 324 g/mol. The Bertz CT molecular complexity index is 762. The molecule has 0 unspecified atom stereocenters. The van der Waals surface area contributed by atoms with Gasteiger partial charge in [-0.05, 0) is 42.0 Å². The van der Waals surface area contributed by atoms with E-state index in [1.165, 1.54) is 13.2 Å². The van der Waals surface area contributed by atoms with E-state index in [4.69, 9.17) is 9.26 Å². The monoisotopic (exact) mass is 344 g/mol. The maximum absolute atomic E-state index is 12.4. The fourth-order valence-electron chi connectivity index (χ4n) is 3.17. The normalized spacial score (nSPS) is 15.2. The molecule has 0 bridgehead atoms. The molecule has 0 aliphatic carbocycles. The van der Waals surface area contributed by atoms with Gasteiger partial charge in [0.15, 0.2) is 0 Å². The molecule has 1 aliphatic rings. The van der Waals surface area contributed by atoms with Crippen LogP contribution in [0.4, 0.5) is 0 Å². The molecule has 1 aromatic carbocycles. The molecule has 2 aromatic rings. The maximum atomic E-state index is 12.4. The number of benzene rings is 1. The maximum Gasteiger partial charge on any atom is 0.335 e. The predicted molar refractivity (Wildman–Crippen MR) is 88.8 cm³/mol. The Morgan fingerprint density at radius 1 is 1.32 bits per heavy atom. The van der Waals surface area contributed by atoms with E-state index in [1.807, 2.05) is 12.1 Å². The molecule has 0 radical (unpaired) electrons. The van der Waals surface area contributed by atoms with Crippen LogP contribution in [-0.2, 0) is 6.42 Å². The fraction of sp³-hybridized carbons (Fsp3) is 0.389. The summed E-state index contributed by atoms with van der Waals surface area (Å²) in [6.07, 6.45) is 2.36. The highest BCUT2D eigenvalue weighted by molar-refractivity contribution is 5.91. The van der Waals surface area contributed by atoms with Gasteiger partial charge in [0.2, 0.25) is 5.76 Å². The van der Waals surface area contributed by atoms with Crippen LogP contribution in [0.2, 0.25) is 0 Å². The molecule has 7 heteroatoms. The Balaban J connectivity index is 1.59. The number of carboxylic acids is 1. The number of aromatic nitrogens is 1. The average Bonchev–Trinajstić information content (AvgIpc) is 3.11. The molecule has 7 nitrogen and oxygen atoms in total. The summed E-state index contributed by atoms with van der Waals surface area (Å²) < 4.78 is 9.93. The van der Waals surface area contributed by atoms with Crippen molar-refractivity contribution >= 4 is 11.9 Å². The Morgan fingerprint density at radius 3 is 2.68 bits per heavy atom. The largest absolute Gasteiger partial charge is 0.479 e. The number of carbonyl (C=O) groups excluding carboxylic acids is 1. The summed E-state index contributed by atoms with van der Waals surface area (Å²) >= 11 is 0. The van der Waals surface area contributed by atoms with Crippen molar-refractivity contribution in [2.24, 2.45) is 5.92 Å². The van der Waals surface area contributed by atoms with E-state index >= 15 is 0 Å². The Morgan fingerprint density at radius 2 is 2.04 bits per heavy atom. The summed E-state index contributed by atoms with van der Waals surface area (Å²) in [5.41, 5.74) is 1.20. The van der Waals surface area contributed by atoms with Crippen molar-refractivity contribution < 1.29 is 24.0 Å². The molecule has 1 saturated heterocycles. The summed E-state index contributed by atoms with van der Waals surface area (Å²) in [6.45, 7) is 1.23. The lowest BCUT2D eigenvalue weighted by Crippen LogP contribution is -2.38. The zero-order valence-electron chi connectivity index (χ0n) is 14.0. The third kappa shape index (κ3) is 3.81. The molecule has 3 rings (SSSR count). The molecule has 0 saturated carbocycles. The summed E-state index contributed by atoms with van der Waals surface area (Å²) in [4.78, 5) is 25.4. The number of hydrogen-bond acceptors (Lipinski definition) is 5. The summed E-state index contributed by atoms with van der Waals surface area (Å²) in [5, 5.41) is 12.9. The number of aromatic carboxylic acids is 1. The van der Waals surface area contributed by atoms with Gasteiger partial charge in [-0.1, -0.05) is 18.2 Å². The van der Waals surface area contributed by atoms with Gasteiger partial charge < -0.3 is 19.3 Å². The average molecular weight is 344 g/mol. The van der Waals surface area contributed by atoms with Crippen molar-refractivity contribution in [3.8, 4) is 5.88 Å². The summed E-state index contributed by atoms with van der Waals surface area (Å²) in [6, 6.07) is 8.57. The topological polar surface area (TPSA) is 92.9 Å². The first-order chi connectivity index (χ1) is 12.1. The van der Waals surface area contributed by atoms with Crippen molar-refractivity contribution in [2.45, 2.75) is 19.3 Å². The molecule has 1 aliphatic heterocycles. The van der Waals surface area contributed by atoms with E-state index in [9.17, 15) is 14.7 Å². The second kappa shape index (κ2) is 7.38. The number of nitrogens with zero attached hydrogens (tertiary/aromatic N) is 2. The number of carboxylic acid groups (broad SMARTS) is 1. The Hall–Kier alpha value is -2.83. The van der Waals surface area contributed by atoms with Crippen LogP contribution in [0.1, 0.15) is 39.3 Å². The van der Waals surface area contributed by atoms with Gasteiger partial charge in [0.25, 0.3) is 11.8 Å². The smallest absolute Gasteiger partial charge is 0.335 e. The molecular formula is C18H20N2O5. The highest BCUT2D eigenvalue weighted by Crippen LogP contribution is 2.25. The van der Waals surface area contributed by atoms with E-state index < -0.39 is 5.97 Å². The van der Waals surface area contributed by atoms with Crippen molar-refractivity contribution in [2.75, 3.05) is 20.2 Å². The third-order valence-corrected chi connectivity index (χ3v) is 4.57. The van der Waals surface area contributed by atoms with E-state index in [-0.39, 0.29) is 17.5 Å². The van der Waals surface area contributed by atoms with Crippen LogP contribution in [0.5, 0.6) is 5.88 Å². The Kier molecular flexibility index (Phi) is 5.02. The zero-order valence-corrected chi connectivity index (χ0v) is 14.0. The SMILES string of the molecule is COc1cc(C(=O)N2CCC(Cc3ccccc3C(=O)O)CC2)on1. The van der Waals surface area contributed by atoms with Gasteiger partial charge in [0.1, 0.15) is 0 Å². The molecule has 1 N–H and O–H groups in total. The van der Waals surface area contributed by atoms with Crippen molar-refractivity contribution in [3.05, 3.63) is 47.2 Å². The van der Waals surface area contributed by atoms with Gasteiger partial charge in [-0.25, -0.2) is 4.79 Å². The first kappa shape index (κ1) is 17.0. The van der Waals surface area contributed by atoms with Crippen molar-refractivity contribution in [1.82, 2.24) is 10.1 Å².